The number of benzene rings is 3. The van der Waals surface area contributed by atoms with Crippen LogP contribution < -0.4 is 9.62 Å². The van der Waals surface area contributed by atoms with E-state index in [2.05, 4.69) is 5.32 Å². The summed E-state index contributed by atoms with van der Waals surface area (Å²) in [7, 11) is -4.52. The van der Waals surface area contributed by atoms with Crippen molar-refractivity contribution < 1.29 is 31.2 Å². The Morgan fingerprint density at radius 2 is 1.61 bits per heavy atom. The van der Waals surface area contributed by atoms with Gasteiger partial charge in [0.05, 0.1) is 26.2 Å². The molecule has 1 aliphatic carbocycles. The fourth-order valence-corrected chi connectivity index (χ4v) is 6.82. The molecule has 1 fully saturated rings. The van der Waals surface area contributed by atoms with Crippen LogP contribution in [-0.4, -0.2) is 43.8 Å². The first-order valence-electron chi connectivity index (χ1n) is 14.1. The normalized spacial score (nSPS) is 15.0. The Morgan fingerprint density at radius 3 is 2.25 bits per heavy atom. The zero-order valence-corrected chi connectivity index (χ0v) is 26.2. The molecule has 3 aromatic carbocycles. The molecule has 1 unspecified atom stereocenters. The Hall–Kier alpha value is -3.28. The highest BCUT2D eigenvalue weighted by molar-refractivity contribution is 7.92. The van der Waals surface area contributed by atoms with Gasteiger partial charge in [-0.15, -0.1) is 0 Å². The van der Waals surface area contributed by atoms with Crippen LogP contribution in [0.25, 0.3) is 0 Å². The molecule has 44 heavy (non-hydrogen) atoms. The number of halogens is 5. The number of carbonyl (C=O) groups excluding carboxylic acids is 2. The topological polar surface area (TPSA) is 86.8 Å². The number of nitrogens with zero attached hydrogens (tertiary/aromatic N) is 2. The van der Waals surface area contributed by atoms with Gasteiger partial charge in [-0.25, -0.2) is 8.42 Å². The molecule has 1 N–H and O–H groups in total. The van der Waals surface area contributed by atoms with Crippen molar-refractivity contribution in [3.63, 3.8) is 0 Å². The highest BCUT2D eigenvalue weighted by Gasteiger charge is 2.35. The summed E-state index contributed by atoms with van der Waals surface area (Å²) in [6.07, 6.45) is -0.141. The smallest absolute Gasteiger partial charge is 0.352 e. The molecule has 236 valence electrons. The Morgan fingerprint density at radius 1 is 0.932 bits per heavy atom. The monoisotopic (exact) mass is 669 g/mol. The number of hydrogen-bond acceptors (Lipinski definition) is 4. The third-order valence-corrected chi connectivity index (χ3v) is 10.1. The first kappa shape index (κ1) is 33.6. The molecule has 2 amide bonds. The van der Waals surface area contributed by atoms with E-state index < -0.39 is 46.2 Å². The average molecular weight is 671 g/mol. The highest BCUT2D eigenvalue weighted by Crippen LogP contribution is 2.33. The standard InChI is InChI=1S/C31H32Cl2F3N3O4S/c1-21(30(41)37-24-10-4-2-5-11-24)38(19-22-15-16-27(32)28(33)17-22)29(40)20-39(44(42,43)26-13-6-3-7-14-26)25-12-8-9-23(18-25)31(34,35)36/h3,6-9,12-18,21,24H,2,4-5,10-11,19-20H2,1H3,(H,37,41). The van der Waals surface area contributed by atoms with E-state index in [1.54, 1.807) is 12.1 Å². The molecule has 0 saturated heterocycles. The molecular formula is C31H32Cl2F3N3O4S. The SMILES string of the molecule is CC(C(=O)NC1CCCCC1)N(Cc1ccc(Cl)c(Cl)c1)C(=O)CN(c1cccc(C(F)(F)F)c1)S(=O)(=O)c1ccccc1. The molecule has 0 aromatic heterocycles. The summed E-state index contributed by atoms with van der Waals surface area (Å²) in [5.41, 5.74) is -0.920. The van der Waals surface area contributed by atoms with Gasteiger partial charge in [-0.3, -0.25) is 13.9 Å². The summed E-state index contributed by atoms with van der Waals surface area (Å²) in [6, 6.07) is 14.4. The molecular weight excluding hydrogens is 638 g/mol. The highest BCUT2D eigenvalue weighted by atomic mass is 35.5. The van der Waals surface area contributed by atoms with Crippen molar-refractivity contribution >= 4 is 50.7 Å². The first-order chi connectivity index (χ1) is 20.8. The zero-order valence-electron chi connectivity index (χ0n) is 23.9. The minimum Gasteiger partial charge on any atom is -0.352 e. The number of hydrogen-bond donors (Lipinski definition) is 1. The number of sulfonamides is 1. The average Bonchev–Trinajstić information content (AvgIpc) is 3.00. The maximum absolute atomic E-state index is 14.0. The summed E-state index contributed by atoms with van der Waals surface area (Å²) in [5, 5.41) is 3.48. The predicted molar refractivity (Wildman–Crippen MR) is 164 cm³/mol. The predicted octanol–water partition coefficient (Wildman–Crippen LogP) is 7.07. The van der Waals surface area contributed by atoms with E-state index in [1.165, 1.54) is 54.3 Å². The lowest BCUT2D eigenvalue weighted by Gasteiger charge is -2.33. The number of alkyl halides is 3. The first-order valence-corrected chi connectivity index (χ1v) is 16.3. The summed E-state index contributed by atoms with van der Waals surface area (Å²) < 4.78 is 69.1. The van der Waals surface area contributed by atoms with Crippen molar-refractivity contribution in [2.24, 2.45) is 0 Å². The van der Waals surface area contributed by atoms with Crippen molar-refractivity contribution in [2.45, 2.75) is 68.7 Å². The molecule has 0 aliphatic heterocycles. The van der Waals surface area contributed by atoms with Gasteiger partial charge in [0, 0.05) is 12.6 Å². The van der Waals surface area contributed by atoms with Crippen LogP contribution in [0.4, 0.5) is 18.9 Å². The fourth-order valence-electron chi connectivity index (χ4n) is 5.07. The summed E-state index contributed by atoms with van der Waals surface area (Å²) >= 11 is 12.3. The Balaban J connectivity index is 1.72. The minimum absolute atomic E-state index is 0.0549. The van der Waals surface area contributed by atoms with Crippen LogP contribution in [-0.2, 0) is 32.3 Å². The van der Waals surface area contributed by atoms with E-state index >= 15 is 0 Å². The molecule has 0 spiro atoms. The maximum Gasteiger partial charge on any atom is 0.416 e. The van der Waals surface area contributed by atoms with Crippen LogP contribution in [0.15, 0.2) is 77.7 Å². The van der Waals surface area contributed by atoms with E-state index in [4.69, 9.17) is 23.2 Å². The second-order valence-corrected chi connectivity index (χ2v) is 13.3. The quantitative estimate of drug-likeness (QED) is 0.250. The molecule has 0 bridgehead atoms. The third kappa shape index (κ3) is 8.25. The lowest BCUT2D eigenvalue weighted by molar-refractivity contribution is -0.139. The molecule has 1 atom stereocenters. The van der Waals surface area contributed by atoms with E-state index in [0.717, 1.165) is 44.2 Å². The number of rotatable bonds is 10. The van der Waals surface area contributed by atoms with Crippen LogP contribution >= 0.6 is 23.2 Å². The Labute approximate surface area is 265 Å². The summed E-state index contributed by atoms with van der Waals surface area (Å²) in [4.78, 5) is 28.4. The zero-order chi connectivity index (χ0) is 32.1. The number of nitrogens with one attached hydrogen (secondary N) is 1. The number of amides is 2. The second kappa shape index (κ2) is 14.2. The van der Waals surface area contributed by atoms with E-state index in [0.29, 0.717) is 15.9 Å². The molecule has 0 heterocycles. The molecule has 13 heteroatoms. The lowest BCUT2D eigenvalue weighted by Crippen LogP contribution is -2.53. The van der Waals surface area contributed by atoms with Gasteiger partial charge in [0.15, 0.2) is 0 Å². The van der Waals surface area contributed by atoms with Crippen molar-refractivity contribution in [2.75, 3.05) is 10.8 Å². The lowest BCUT2D eigenvalue weighted by atomic mass is 9.95. The summed E-state index contributed by atoms with van der Waals surface area (Å²) in [5.74, 6) is -1.24. The van der Waals surface area contributed by atoms with Gasteiger partial charge >= 0.3 is 6.18 Å². The summed E-state index contributed by atoms with van der Waals surface area (Å²) in [6.45, 7) is 0.506. The van der Waals surface area contributed by atoms with Gasteiger partial charge in [-0.05, 0) is 67.8 Å². The molecule has 1 aliphatic rings. The van der Waals surface area contributed by atoms with Gasteiger partial charge in [0.25, 0.3) is 10.0 Å². The van der Waals surface area contributed by atoms with Crippen LogP contribution in [0.3, 0.4) is 0 Å². The van der Waals surface area contributed by atoms with Gasteiger partial charge in [0.1, 0.15) is 12.6 Å². The van der Waals surface area contributed by atoms with E-state index in [1.807, 2.05) is 0 Å². The van der Waals surface area contributed by atoms with Crippen LogP contribution in [0.2, 0.25) is 10.0 Å². The molecule has 0 radical (unpaired) electrons. The van der Waals surface area contributed by atoms with Gasteiger partial charge in [-0.1, -0.05) is 72.8 Å². The van der Waals surface area contributed by atoms with Gasteiger partial charge < -0.3 is 10.2 Å². The van der Waals surface area contributed by atoms with Crippen LogP contribution in [0, 0.1) is 0 Å². The van der Waals surface area contributed by atoms with Gasteiger partial charge in [0.2, 0.25) is 11.8 Å². The van der Waals surface area contributed by atoms with E-state index in [-0.39, 0.29) is 33.2 Å². The largest absolute Gasteiger partial charge is 0.416 e. The van der Waals surface area contributed by atoms with Crippen LogP contribution in [0.5, 0.6) is 0 Å². The van der Waals surface area contributed by atoms with Crippen molar-refractivity contribution in [3.8, 4) is 0 Å². The number of carbonyl (C=O) groups is 2. The molecule has 4 rings (SSSR count). The van der Waals surface area contributed by atoms with E-state index in [9.17, 15) is 31.2 Å². The van der Waals surface area contributed by atoms with Crippen molar-refractivity contribution in [3.05, 3.63) is 94.0 Å². The van der Waals surface area contributed by atoms with Crippen LogP contribution in [0.1, 0.15) is 50.2 Å². The Bertz CT molecular complexity index is 1580. The minimum atomic E-state index is -4.76. The number of anilines is 1. The fraction of sp³-hybridized carbons (Fsp3) is 0.355. The second-order valence-electron chi connectivity index (χ2n) is 10.7. The Kier molecular flexibility index (Phi) is 10.9. The van der Waals surface area contributed by atoms with Crippen molar-refractivity contribution in [1.29, 1.82) is 0 Å². The van der Waals surface area contributed by atoms with Crippen molar-refractivity contribution in [1.82, 2.24) is 10.2 Å². The maximum atomic E-state index is 14.0. The molecule has 7 nitrogen and oxygen atoms in total. The molecule has 3 aromatic rings. The molecule has 1 saturated carbocycles. The van der Waals surface area contributed by atoms with Gasteiger partial charge in [-0.2, -0.15) is 13.2 Å². The third-order valence-electron chi connectivity index (χ3n) is 7.53.